The highest BCUT2D eigenvalue weighted by molar-refractivity contribution is 5.56. The second kappa shape index (κ2) is 4.71. The molecule has 0 fully saturated rings. The molecule has 0 amide bonds. The zero-order chi connectivity index (χ0) is 11.4. The Hall–Kier alpha value is -1.95. The van der Waals surface area contributed by atoms with Crippen LogP contribution in [0.15, 0.2) is 22.9 Å². The summed E-state index contributed by atoms with van der Waals surface area (Å²) in [6.45, 7) is 2.87. The van der Waals surface area contributed by atoms with E-state index < -0.39 is 0 Å². The molecule has 2 heterocycles. The maximum Gasteiger partial charge on any atom is 0.258 e. The summed E-state index contributed by atoms with van der Waals surface area (Å²) in [4.78, 5) is 8.06. The smallest absolute Gasteiger partial charge is 0.258 e. The van der Waals surface area contributed by atoms with Gasteiger partial charge in [0.25, 0.3) is 5.89 Å². The van der Waals surface area contributed by atoms with Gasteiger partial charge in [-0.15, -0.1) is 0 Å². The molecule has 2 N–H and O–H groups in total. The molecule has 0 saturated carbocycles. The summed E-state index contributed by atoms with van der Waals surface area (Å²) >= 11 is 0. The van der Waals surface area contributed by atoms with Crippen molar-refractivity contribution >= 4 is 5.82 Å². The van der Waals surface area contributed by atoms with Crippen LogP contribution in [-0.4, -0.2) is 21.7 Å². The fraction of sp³-hybridized carbons (Fsp3) is 0.300. The Labute approximate surface area is 92.4 Å². The third kappa shape index (κ3) is 2.34. The van der Waals surface area contributed by atoms with Crippen LogP contribution in [0, 0.1) is 0 Å². The van der Waals surface area contributed by atoms with Gasteiger partial charge in [-0.1, -0.05) is 5.16 Å². The molecule has 0 aliphatic carbocycles. The number of hydrogen-bond acceptors (Lipinski definition) is 6. The molecule has 2 aromatic heterocycles. The molecule has 84 valence electrons. The van der Waals surface area contributed by atoms with Gasteiger partial charge in [-0.2, -0.15) is 4.98 Å². The lowest BCUT2D eigenvalue weighted by atomic mass is 10.2. The van der Waals surface area contributed by atoms with Gasteiger partial charge in [0, 0.05) is 18.4 Å². The van der Waals surface area contributed by atoms with Gasteiger partial charge in [0.15, 0.2) is 5.82 Å². The predicted octanol–water partition coefficient (Wildman–Crippen LogP) is 1.25. The first-order chi connectivity index (χ1) is 7.79. The van der Waals surface area contributed by atoms with Gasteiger partial charge >= 0.3 is 0 Å². The number of nitrogens with zero attached hydrogens (tertiary/aromatic N) is 3. The van der Waals surface area contributed by atoms with Gasteiger partial charge in [-0.25, -0.2) is 4.98 Å². The first-order valence-electron chi connectivity index (χ1n) is 4.92. The van der Waals surface area contributed by atoms with Crippen LogP contribution in [0.1, 0.15) is 12.7 Å². The molecular formula is C10H12N4O2. The third-order valence-electron chi connectivity index (χ3n) is 1.93. The molecule has 0 spiro atoms. The zero-order valence-corrected chi connectivity index (χ0v) is 8.88. The SMILES string of the molecule is CCOCc1noc(-c2ccnc(N)c2)n1. The second-order valence-electron chi connectivity index (χ2n) is 3.12. The predicted molar refractivity (Wildman–Crippen MR) is 57.3 cm³/mol. The first-order valence-corrected chi connectivity index (χ1v) is 4.92. The quantitative estimate of drug-likeness (QED) is 0.834. The van der Waals surface area contributed by atoms with Crippen molar-refractivity contribution in [3.8, 4) is 11.5 Å². The summed E-state index contributed by atoms with van der Waals surface area (Å²) in [5, 5.41) is 3.79. The van der Waals surface area contributed by atoms with E-state index in [4.69, 9.17) is 15.0 Å². The summed E-state index contributed by atoms with van der Waals surface area (Å²) < 4.78 is 10.2. The van der Waals surface area contributed by atoms with Crippen molar-refractivity contribution in [2.45, 2.75) is 13.5 Å². The van der Waals surface area contributed by atoms with E-state index in [1.54, 1.807) is 18.3 Å². The van der Waals surface area contributed by atoms with E-state index in [1.807, 2.05) is 6.92 Å². The van der Waals surface area contributed by atoms with E-state index >= 15 is 0 Å². The molecule has 2 aromatic rings. The average Bonchev–Trinajstić information content (AvgIpc) is 2.75. The number of ether oxygens (including phenoxy) is 1. The monoisotopic (exact) mass is 220 g/mol. The van der Waals surface area contributed by atoms with E-state index in [2.05, 4.69) is 15.1 Å². The number of nitrogen functional groups attached to an aromatic ring is 1. The fourth-order valence-electron chi connectivity index (χ4n) is 1.20. The van der Waals surface area contributed by atoms with Crippen LogP contribution >= 0.6 is 0 Å². The number of hydrogen-bond donors (Lipinski definition) is 1. The maximum absolute atomic E-state index is 5.56. The molecule has 0 radical (unpaired) electrons. The van der Waals surface area contributed by atoms with Crippen LogP contribution in [0.2, 0.25) is 0 Å². The lowest BCUT2D eigenvalue weighted by Gasteiger charge is -1.94. The maximum atomic E-state index is 5.56. The van der Waals surface area contributed by atoms with Gasteiger partial charge in [-0.05, 0) is 19.1 Å². The summed E-state index contributed by atoms with van der Waals surface area (Å²) in [6, 6.07) is 3.44. The Morgan fingerprint density at radius 1 is 1.50 bits per heavy atom. The molecule has 0 aliphatic rings. The first kappa shape index (κ1) is 10.6. The second-order valence-corrected chi connectivity index (χ2v) is 3.12. The van der Waals surface area contributed by atoms with Gasteiger partial charge in [0.2, 0.25) is 0 Å². The largest absolute Gasteiger partial charge is 0.384 e. The molecule has 0 aliphatic heterocycles. The van der Waals surface area contributed by atoms with Crippen molar-refractivity contribution in [2.24, 2.45) is 0 Å². The van der Waals surface area contributed by atoms with Crippen molar-refractivity contribution in [3.63, 3.8) is 0 Å². The Kier molecular flexibility index (Phi) is 3.11. The van der Waals surface area contributed by atoms with Crippen molar-refractivity contribution in [1.29, 1.82) is 0 Å². The van der Waals surface area contributed by atoms with Gasteiger partial charge < -0.3 is 15.0 Å². The van der Waals surface area contributed by atoms with Crippen molar-refractivity contribution in [1.82, 2.24) is 15.1 Å². The van der Waals surface area contributed by atoms with E-state index in [0.717, 1.165) is 5.56 Å². The molecule has 6 nitrogen and oxygen atoms in total. The van der Waals surface area contributed by atoms with Gasteiger partial charge in [0.05, 0.1) is 0 Å². The molecule has 0 saturated heterocycles. The van der Waals surface area contributed by atoms with Crippen molar-refractivity contribution in [3.05, 3.63) is 24.2 Å². The van der Waals surface area contributed by atoms with Crippen LogP contribution in [0.25, 0.3) is 11.5 Å². The number of anilines is 1. The molecule has 0 aromatic carbocycles. The summed E-state index contributed by atoms with van der Waals surface area (Å²) in [7, 11) is 0. The topological polar surface area (TPSA) is 87.1 Å². The number of nitrogens with two attached hydrogens (primary N) is 1. The highest BCUT2D eigenvalue weighted by atomic mass is 16.5. The molecule has 0 bridgehead atoms. The van der Waals surface area contributed by atoms with Gasteiger partial charge in [-0.3, -0.25) is 0 Å². The highest BCUT2D eigenvalue weighted by Gasteiger charge is 2.08. The van der Waals surface area contributed by atoms with Crippen LogP contribution in [0.5, 0.6) is 0 Å². The standard InChI is InChI=1S/C10H12N4O2/c1-2-15-6-9-13-10(16-14-9)7-3-4-12-8(11)5-7/h3-5H,2,6H2,1H3,(H2,11,12). The van der Waals surface area contributed by atoms with Gasteiger partial charge in [0.1, 0.15) is 12.4 Å². The molecule has 2 rings (SSSR count). The molecule has 16 heavy (non-hydrogen) atoms. The van der Waals surface area contributed by atoms with Crippen molar-refractivity contribution in [2.75, 3.05) is 12.3 Å². The minimum absolute atomic E-state index is 0.348. The van der Waals surface area contributed by atoms with Crippen LogP contribution in [0.4, 0.5) is 5.82 Å². The van der Waals surface area contributed by atoms with E-state index in [1.165, 1.54) is 0 Å². The lowest BCUT2D eigenvalue weighted by molar-refractivity contribution is 0.126. The molecule has 0 unspecified atom stereocenters. The normalized spacial score (nSPS) is 10.6. The van der Waals surface area contributed by atoms with E-state index in [0.29, 0.717) is 30.7 Å². The van der Waals surface area contributed by atoms with Crippen molar-refractivity contribution < 1.29 is 9.26 Å². The average molecular weight is 220 g/mol. The third-order valence-corrected chi connectivity index (χ3v) is 1.93. The van der Waals surface area contributed by atoms with Crippen LogP contribution < -0.4 is 5.73 Å². The Balaban J connectivity index is 2.18. The van der Waals surface area contributed by atoms with E-state index in [9.17, 15) is 0 Å². The van der Waals surface area contributed by atoms with Crippen LogP contribution in [-0.2, 0) is 11.3 Å². The minimum Gasteiger partial charge on any atom is -0.384 e. The zero-order valence-electron chi connectivity index (χ0n) is 8.88. The minimum atomic E-state index is 0.348. The number of rotatable bonds is 4. The Bertz CT molecular complexity index is 469. The summed E-state index contributed by atoms with van der Waals surface area (Å²) in [5.41, 5.74) is 6.31. The number of pyridine rings is 1. The fourth-order valence-corrected chi connectivity index (χ4v) is 1.20. The van der Waals surface area contributed by atoms with E-state index in [-0.39, 0.29) is 0 Å². The molecular weight excluding hydrogens is 208 g/mol. The lowest BCUT2D eigenvalue weighted by Crippen LogP contribution is -1.94. The number of aromatic nitrogens is 3. The Morgan fingerprint density at radius 2 is 2.38 bits per heavy atom. The molecule has 6 heteroatoms. The van der Waals surface area contributed by atoms with Crippen LogP contribution in [0.3, 0.4) is 0 Å². The Morgan fingerprint density at radius 3 is 3.12 bits per heavy atom. The highest BCUT2D eigenvalue weighted by Crippen LogP contribution is 2.17. The summed E-state index contributed by atoms with van der Waals surface area (Å²) in [6.07, 6.45) is 1.59. The summed E-state index contributed by atoms with van der Waals surface area (Å²) in [5.74, 6) is 1.36. The molecule has 0 atom stereocenters.